The number of anilines is 1. The lowest BCUT2D eigenvalue weighted by molar-refractivity contribution is 0.326. The van der Waals surface area contributed by atoms with Gasteiger partial charge in [-0.15, -0.1) is 0 Å². The van der Waals surface area contributed by atoms with Crippen molar-refractivity contribution in [3.8, 4) is 11.5 Å². The quantitative estimate of drug-likeness (QED) is 0.584. The number of hydrogen-bond acceptors (Lipinski definition) is 4. The van der Waals surface area contributed by atoms with Gasteiger partial charge in [-0.25, -0.2) is 0 Å². The van der Waals surface area contributed by atoms with Crippen LogP contribution in [-0.2, 0) is 0 Å². The molecule has 0 saturated heterocycles. The molecular formula is C20H26N2O3. The number of hydrogen-bond donors (Lipinski definition) is 2. The first kappa shape index (κ1) is 18.6. The number of H-pyrrole nitrogens is 1. The van der Waals surface area contributed by atoms with Crippen molar-refractivity contribution in [1.29, 1.82) is 0 Å². The average Bonchev–Trinajstić information content (AvgIpc) is 2.54. The first-order valence-corrected chi connectivity index (χ1v) is 8.33. The summed E-state index contributed by atoms with van der Waals surface area (Å²) in [6.45, 7) is 6.65. The Balaban J connectivity index is 2.22. The van der Waals surface area contributed by atoms with Crippen molar-refractivity contribution in [3.63, 3.8) is 0 Å². The molecule has 3 N–H and O–H groups in total. The van der Waals surface area contributed by atoms with E-state index < -0.39 is 0 Å². The van der Waals surface area contributed by atoms with Crippen molar-refractivity contribution in [2.45, 2.75) is 33.6 Å². The second-order valence-electron chi connectivity index (χ2n) is 6.30. The zero-order chi connectivity index (χ0) is 18.4. The van der Waals surface area contributed by atoms with E-state index in [0.717, 1.165) is 18.2 Å². The SMILES string of the molecule is COc1c(OCC=C(C)CCC=C(C)C)c2ccc(N)cc2[nH]c1=O. The summed E-state index contributed by atoms with van der Waals surface area (Å²) in [5, 5.41) is 0.765. The molecule has 0 unspecified atom stereocenters. The molecule has 1 heterocycles. The van der Waals surface area contributed by atoms with Crippen LogP contribution in [0.1, 0.15) is 33.6 Å². The van der Waals surface area contributed by atoms with E-state index in [1.165, 1.54) is 18.3 Å². The van der Waals surface area contributed by atoms with Crippen LogP contribution in [0.4, 0.5) is 5.69 Å². The molecule has 0 saturated carbocycles. The summed E-state index contributed by atoms with van der Waals surface area (Å²) in [6, 6.07) is 5.31. The van der Waals surface area contributed by atoms with Crippen LogP contribution in [0.2, 0.25) is 0 Å². The molecule has 2 rings (SSSR count). The molecule has 1 aromatic carbocycles. The third-order valence-corrected chi connectivity index (χ3v) is 3.90. The Morgan fingerprint density at radius 3 is 2.64 bits per heavy atom. The summed E-state index contributed by atoms with van der Waals surface area (Å²) >= 11 is 0. The number of aromatic nitrogens is 1. The van der Waals surface area contributed by atoms with Gasteiger partial charge in [0, 0.05) is 11.1 Å². The van der Waals surface area contributed by atoms with E-state index in [2.05, 4.69) is 31.8 Å². The van der Waals surface area contributed by atoms with Gasteiger partial charge < -0.3 is 20.2 Å². The molecule has 0 spiro atoms. The molecule has 0 fully saturated rings. The molecule has 0 bridgehead atoms. The minimum atomic E-state index is -0.333. The largest absolute Gasteiger partial charge is 0.488 e. The number of rotatable bonds is 7. The number of pyridine rings is 1. The summed E-state index contributed by atoms with van der Waals surface area (Å²) in [6.07, 6.45) is 6.25. The molecule has 0 radical (unpaired) electrons. The second kappa shape index (κ2) is 8.42. The van der Waals surface area contributed by atoms with Gasteiger partial charge in [-0.05, 0) is 57.9 Å². The standard InChI is InChI=1S/C20H26N2O3/c1-13(2)6-5-7-14(3)10-11-25-18-16-9-8-15(21)12-17(16)22-20(23)19(18)24-4/h6,8-10,12H,5,7,11,21H2,1-4H3,(H,22,23). The van der Waals surface area contributed by atoms with E-state index in [1.54, 1.807) is 12.1 Å². The number of allylic oxidation sites excluding steroid dienone is 3. The normalized spacial score (nSPS) is 11.4. The summed E-state index contributed by atoms with van der Waals surface area (Å²) in [7, 11) is 1.46. The molecule has 0 aliphatic heterocycles. The van der Waals surface area contributed by atoms with Gasteiger partial charge >= 0.3 is 0 Å². The number of fused-ring (bicyclic) bond motifs is 1. The van der Waals surface area contributed by atoms with E-state index in [9.17, 15) is 4.79 Å². The summed E-state index contributed by atoms with van der Waals surface area (Å²) in [4.78, 5) is 14.9. The molecule has 0 aliphatic rings. The molecule has 25 heavy (non-hydrogen) atoms. The van der Waals surface area contributed by atoms with Crippen LogP contribution >= 0.6 is 0 Å². The van der Waals surface area contributed by atoms with Crippen molar-refractivity contribution in [1.82, 2.24) is 4.98 Å². The number of benzene rings is 1. The average molecular weight is 342 g/mol. The van der Waals surface area contributed by atoms with Gasteiger partial charge in [0.1, 0.15) is 6.61 Å². The predicted molar refractivity (Wildman–Crippen MR) is 103 cm³/mol. The molecule has 0 amide bonds. The van der Waals surface area contributed by atoms with Crippen LogP contribution in [0.25, 0.3) is 10.9 Å². The Morgan fingerprint density at radius 1 is 1.20 bits per heavy atom. The number of ether oxygens (including phenoxy) is 2. The van der Waals surface area contributed by atoms with Gasteiger partial charge in [0.15, 0.2) is 5.75 Å². The van der Waals surface area contributed by atoms with Crippen molar-refractivity contribution in [3.05, 3.63) is 51.9 Å². The van der Waals surface area contributed by atoms with Gasteiger partial charge in [-0.2, -0.15) is 0 Å². The van der Waals surface area contributed by atoms with Crippen LogP contribution < -0.4 is 20.8 Å². The monoisotopic (exact) mass is 342 g/mol. The lowest BCUT2D eigenvalue weighted by Gasteiger charge is -2.12. The van der Waals surface area contributed by atoms with Crippen molar-refractivity contribution < 1.29 is 9.47 Å². The predicted octanol–water partition coefficient (Wildman–Crippen LogP) is 4.19. The third kappa shape index (κ3) is 4.89. The minimum Gasteiger partial charge on any atom is -0.488 e. The topological polar surface area (TPSA) is 77.3 Å². The Kier molecular flexibility index (Phi) is 6.28. The highest BCUT2D eigenvalue weighted by Crippen LogP contribution is 2.32. The Hall–Kier alpha value is -2.69. The second-order valence-corrected chi connectivity index (χ2v) is 6.30. The lowest BCUT2D eigenvalue weighted by Crippen LogP contribution is -2.12. The highest BCUT2D eigenvalue weighted by Gasteiger charge is 2.14. The zero-order valence-corrected chi connectivity index (χ0v) is 15.3. The Morgan fingerprint density at radius 2 is 1.96 bits per heavy atom. The van der Waals surface area contributed by atoms with Gasteiger partial charge in [0.25, 0.3) is 5.56 Å². The van der Waals surface area contributed by atoms with Crippen molar-refractivity contribution >= 4 is 16.6 Å². The van der Waals surface area contributed by atoms with Gasteiger partial charge in [-0.1, -0.05) is 17.2 Å². The number of methoxy groups -OCH3 is 1. The first-order chi connectivity index (χ1) is 11.9. The highest BCUT2D eigenvalue weighted by atomic mass is 16.5. The molecule has 134 valence electrons. The zero-order valence-electron chi connectivity index (χ0n) is 15.3. The molecule has 0 aliphatic carbocycles. The van der Waals surface area contributed by atoms with E-state index in [-0.39, 0.29) is 11.3 Å². The molecule has 5 heteroatoms. The van der Waals surface area contributed by atoms with E-state index >= 15 is 0 Å². The van der Waals surface area contributed by atoms with Crippen LogP contribution in [0.15, 0.2) is 46.3 Å². The molecular weight excluding hydrogens is 316 g/mol. The fourth-order valence-corrected chi connectivity index (χ4v) is 2.55. The van der Waals surface area contributed by atoms with Gasteiger partial charge in [0.05, 0.1) is 12.6 Å². The fourth-order valence-electron chi connectivity index (χ4n) is 2.55. The van der Waals surface area contributed by atoms with E-state index in [4.69, 9.17) is 15.2 Å². The van der Waals surface area contributed by atoms with Crippen LogP contribution in [0, 0.1) is 0 Å². The number of aromatic amines is 1. The number of nitrogens with one attached hydrogen (secondary N) is 1. The lowest BCUT2D eigenvalue weighted by atomic mass is 10.1. The Bertz CT molecular complexity index is 859. The molecule has 1 aromatic heterocycles. The van der Waals surface area contributed by atoms with Crippen molar-refractivity contribution in [2.75, 3.05) is 19.5 Å². The smallest absolute Gasteiger partial charge is 0.294 e. The molecule has 5 nitrogen and oxygen atoms in total. The first-order valence-electron chi connectivity index (χ1n) is 8.33. The highest BCUT2D eigenvalue weighted by molar-refractivity contribution is 5.89. The Labute approximate surface area is 148 Å². The number of nitrogens with two attached hydrogens (primary N) is 1. The van der Waals surface area contributed by atoms with Crippen LogP contribution in [-0.4, -0.2) is 18.7 Å². The maximum atomic E-state index is 12.2. The molecule has 0 atom stereocenters. The maximum Gasteiger partial charge on any atom is 0.294 e. The number of nitrogen functional groups attached to an aromatic ring is 1. The summed E-state index contributed by atoms with van der Waals surface area (Å²) < 4.78 is 11.1. The fraction of sp³-hybridized carbons (Fsp3) is 0.350. The van der Waals surface area contributed by atoms with E-state index in [1.807, 2.05) is 12.1 Å². The summed E-state index contributed by atoms with van der Waals surface area (Å²) in [5.74, 6) is 0.613. The van der Waals surface area contributed by atoms with Gasteiger partial charge in [0.2, 0.25) is 5.75 Å². The van der Waals surface area contributed by atoms with Crippen LogP contribution in [0.5, 0.6) is 11.5 Å². The third-order valence-electron chi connectivity index (χ3n) is 3.90. The molecule has 2 aromatic rings. The minimum absolute atomic E-state index is 0.174. The van der Waals surface area contributed by atoms with Gasteiger partial charge in [-0.3, -0.25) is 4.79 Å². The van der Waals surface area contributed by atoms with Crippen molar-refractivity contribution in [2.24, 2.45) is 0 Å². The summed E-state index contributed by atoms with van der Waals surface area (Å²) in [5.41, 5.74) is 9.24. The van der Waals surface area contributed by atoms with E-state index in [0.29, 0.717) is 23.6 Å². The van der Waals surface area contributed by atoms with Crippen LogP contribution in [0.3, 0.4) is 0 Å². The maximum absolute atomic E-state index is 12.2.